The summed E-state index contributed by atoms with van der Waals surface area (Å²) in [6.07, 6.45) is 5.51. The lowest BCUT2D eigenvalue weighted by molar-refractivity contribution is 0.298. The summed E-state index contributed by atoms with van der Waals surface area (Å²) in [6, 6.07) is 8.65. The molecule has 1 atom stereocenters. The Labute approximate surface area is 114 Å². The van der Waals surface area contributed by atoms with Crippen molar-refractivity contribution in [2.24, 2.45) is 0 Å². The molecule has 0 aliphatic carbocycles. The van der Waals surface area contributed by atoms with Crippen LogP contribution in [0.2, 0.25) is 0 Å². The molecule has 1 unspecified atom stereocenters. The zero-order valence-corrected chi connectivity index (χ0v) is 11.5. The number of rotatable bonds is 7. The first-order chi connectivity index (χ1) is 9.29. The van der Waals surface area contributed by atoms with E-state index in [1.165, 1.54) is 5.56 Å². The van der Waals surface area contributed by atoms with Crippen molar-refractivity contribution in [1.29, 1.82) is 0 Å². The van der Waals surface area contributed by atoms with E-state index in [1.54, 1.807) is 12.5 Å². The molecule has 0 amide bonds. The van der Waals surface area contributed by atoms with Crippen LogP contribution >= 0.6 is 0 Å². The van der Waals surface area contributed by atoms with E-state index in [0.29, 0.717) is 12.6 Å². The largest absolute Gasteiger partial charge is 0.492 e. The first kappa shape index (κ1) is 13.6. The number of hydrogen-bond donors (Lipinski definition) is 1. The average molecular weight is 259 g/mol. The van der Waals surface area contributed by atoms with Gasteiger partial charge in [-0.15, -0.1) is 0 Å². The van der Waals surface area contributed by atoms with Crippen LogP contribution in [0.4, 0.5) is 0 Å². The molecule has 0 fully saturated rings. The third-order valence-corrected chi connectivity index (χ3v) is 3.07. The molecule has 1 heterocycles. The summed E-state index contributed by atoms with van der Waals surface area (Å²) in [6.45, 7) is 6.72. The van der Waals surface area contributed by atoms with E-state index in [0.717, 1.165) is 18.8 Å². The molecule has 2 rings (SSSR count). The van der Waals surface area contributed by atoms with Crippen molar-refractivity contribution in [3.05, 3.63) is 48.5 Å². The van der Waals surface area contributed by atoms with Gasteiger partial charge in [0, 0.05) is 18.4 Å². The van der Waals surface area contributed by atoms with Crippen LogP contribution in [0.5, 0.6) is 5.75 Å². The predicted molar refractivity (Wildman–Crippen MR) is 76.3 cm³/mol. The van der Waals surface area contributed by atoms with Gasteiger partial charge < -0.3 is 14.6 Å². The zero-order valence-electron chi connectivity index (χ0n) is 11.5. The Morgan fingerprint density at radius 1 is 1.32 bits per heavy atom. The molecule has 19 heavy (non-hydrogen) atoms. The van der Waals surface area contributed by atoms with E-state index >= 15 is 0 Å². The van der Waals surface area contributed by atoms with Crippen molar-refractivity contribution in [3.63, 3.8) is 0 Å². The Morgan fingerprint density at radius 2 is 2.11 bits per heavy atom. The van der Waals surface area contributed by atoms with Gasteiger partial charge >= 0.3 is 0 Å². The third kappa shape index (κ3) is 4.10. The van der Waals surface area contributed by atoms with E-state index in [-0.39, 0.29) is 0 Å². The molecule has 0 spiro atoms. The number of imidazole rings is 1. The molecule has 0 saturated heterocycles. The van der Waals surface area contributed by atoms with E-state index in [1.807, 2.05) is 22.9 Å². The number of benzene rings is 1. The van der Waals surface area contributed by atoms with Gasteiger partial charge in [-0.3, -0.25) is 0 Å². The van der Waals surface area contributed by atoms with Gasteiger partial charge in [0.05, 0.1) is 12.9 Å². The maximum Gasteiger partial charge on any atom is 0.119 e. The third-order valence-electron chi connectivity index (χ3n) is 3.07. The van der Waals surface area contributed by atoms with E-state index < -0.39 is 0 Å². The van der Waals surface area contributed by atoms with Crippen molar-refractivity contribution < 1.29 is 4.74 Å². The van der Waals surface area contributed by atoms with Crippen LogP contribution in [0.15, 0.2) is 43.0 Å². The summed E-state index contributed by atoms with van der Waals surface area (Å²) in [4.78, 5) is 4.00. The van der Waals surface area contributed by atoms with E-state index in [2.05, 4.69) is 36.3 Å². The van der Waals surface area contributed by atoms with Crippen LogP contribution in [0, 0.1) is 0 Å². The molecule has 0 radical (unpaired) electrons. The van der Waals surface area contributed by atoms with Crippen LogP contribution in [0.1, 0.15) is 25.5 Å². The van der Waals surface area contributed by atoms with Gasteiger partial charge in [-0.2, -0.15) is 0 Å². The minimum absolute atomic E-state index is 0.380. The number of nitrogens with zero attached hydrogens (tertiary/aromatic N) is 2. The van der Waals surface area contributed by atoms with Crippen LogP contribution in [-0.2, 0) is 6.54 Å². The van der Waals surface area contributed by atoms with Gasteiger partial charge in [-0.05, 0) is 31.2 Å². The lowest BCUT2D eigenvalue weighted by Gasteiger charge is -2.13. The molecular formula is C15H21N3O. The fourth-order valence-corrected chi connectivity index (χ4v) is 1.96. The lowest BCUT2D eigenvalue weighted by Crippen LogP contribution is -2.17. The van der Waals surface area contributed by atoms with Gasteiger partial charge in [-0.1, -0.05) is 19.1 Å². The number of aromatic nitrogens is 2. The minimum Gasteiger partial charge on any atom is -0.492 e. The lowest BCUT2D eigenvalue weighted by atomic mass is 10.1. The molecule has 2 aromatic rings. The first-order valence-electron chi connectivity index (χ1n) is 6.71. The van der Waals surface area contributed by atoms with Crippen LogP contribution in [-0.4, -0.2) is 22.7 Å². The maximum atomic E-state index is 5.71. The van der Waals surface area contributed by atoms with E-state index in [9.17, 15) is 0 Å². The van der Waals surface area contributed by atoms with Gasteiger partial charge in [0.2, 0.25) is 0 Å². The molecule has 102 valence electrons. The summed E-state index contributed by atoms with van der Waals surface area (Å²) < 4.78 is 7.71. The topological polar surface area (TPSA) is 39.1 Å². The Hall–Kier alpha value is -1.81. The molecule has 1 aromatic heterocycles. The second-order valence-corrected chi connectivity index (χ2v) is 4.50. The van der Waals surface area contributed by atoms with Crippen LogP contribution in [0.3, 0.4) is 0 Å². The quantitative estimate of drug-likeness (QED) is 0.831. The van der Waals surface area contributed by atoms with Crippen LogP contribution < -0.4 is 10.1 Å². The molecular weight excluding hydrogens is 238 g/mol. The van der Waals surface area contributed by atoms with Gasteiger partial charge in [0.1, 0.15) is 12.4 Å². The summed E-state index contributed by atoms with van der Waals surface area (Å²) in [5.74, 6) is 0.910. The molecule has 1 aromatic carbocycles. The fraction of sp³-hybridized carbons (Fsp3) is 0.400. The molecule has 0 bridgehead atoms. The Kier molecular flexibility index (Phi) is 4.98. The number of ether oxygens (including phenoxy) is 1. The molecule has 0 saturated carbocycles. The Morgan fingerprint density at radius 3 is 2.74 bits per heavy atom. The second kappa shape index (κ2) is 6.95. The average Bonchev–Trinajstić information content (AvgIpc) is 2.93. The summed E-state index contributed by atoms with van der Waals surface area (Å²) >= 11 is 0. The Balaban J connectivity index is 1.81. The highest BCUT2D eigenvalue weighted by Gasteiger charge is 2.03. The molecule has 4 heteroatoms. The van der Waals surface area contributed by atoms with Crippen LogP contribution in [0.25, 0.3) is 0 Å². The highest BCUT2D eigenvalue weighted by atomic mass is 16.5. The molecule has 4 nitrogen and oxygen atoms in total. The van der Waals surface area contributed by atoms with Crippen molar-refractivity contribution in [3.8, 4) is 5.75 Å². The monoisotopic (exact) mass is 259 g/mol. The predicted octanol–water partition coefficient (Wildman–Crippen LogP) is 2.63. The van der Waals surface area contributed by atoms with Crippen molar-refractivity contribution in [2.75, 3.05) is 13.2 Å². The van der Waals surface area contributed by atoms with Gasteiger partial charge in [-0.25, -0.2) is 4.98 Å². The number of hydrogen-bond acceptors (Lipinski definition) is 3. The summed E-state index contributed by atoms with van der Waals surface area (Å²) in [5, 5.41) is 3.39. The normalized spacial score (nSPS) is 12.3. The first-order valence-corrected chi connectivity index (χ1v) is 6.71. The smallest absolute Gasteiger partial charge is 0.119 e. The maximum absolute atomic E-state index is 5.71. The van der Waals surface area contributed by atoms with Gasteiger partial charge in [0.25, 0.3) is 0 Å². The molecule has 0 aliphatic heterocycles. The SMILES string of the molecule is CCNC(C)c1ccc(OCCn2ccnc2)cc1. The Bertz CT molecular complexity index is 465. The molecule has 1 N–H and O–H groups in total. The minimum atomic E-state index is 0.380. The second-order valence-electron chi connectivity index (χ2n) is 4.50. The highest BCUT2D eigenvalue weighted by Crippen LogP contribution is 2.17. The summed E-state index contributed by atoms with van der Waals surface area (Å²) in [5.41, 5.74) is 1.28. The van der Waals surface area contributed by atoms with Crippen molar-refractivity contribution in [1.82, 2.24) is 14.9 Å². The standard InChI is InChI=1S/C15H21N3O/c1-3-17-13(2)14-4-6-15(7-5-14)19-11-10-18-9-8-16-12-18/h4-9,12-13,17H,3,10-11H2,1-2H3. The summed E-state index contributed by atoms with van der Waals surface area (Å²) in [7, 11) is 0. The van der Waals surface area contributed by atoms with Crippen molar-refractivity contribution in [2.45, 2.75) is 26.4 Å². The highest BCUT2D eigenvalue weighted by molar-refractivity contribution is 5.28. The van der Waals surface area contributed by atoms with Crippen molar-refractivity contribution >= 4 is 0 Å². The number of nitrogens with one attached hydrogen (secondary N) is 1. The van der Waals surface area contributed by atoms with E-state index in [4.69, 9.17) is 4.74 Å². The van der Waals surface area contributed by atoms with Gasteiger partial charge in [0.15, 0.2) is 0 Å². The fourth-order valence-electron chi connectivity index (χ4n) is 1.96. The molecule has 0 aliphatic rings. The zero-order chi connectivity index (χ0) is 13.5.